The van der Waals surface area contributed by atoms with Crippen LogP contribution in [0.3, 0.4) is 0 Å². The van der Waals surface area contributed by atoms with E-state index in [2.05, 4.69) is 11.4 Å². The average molecular weight is 252 g/mol. The predicted octanol–water partition coefficient (Wildman–Crippen LogP) is 2.69. The van der Waals surface area contributed by atoms with Gasteiger partial charge in [0.2, 0.25) is 5.91 Å². The number of hydrogen-bond donors (Lipinski definition) is 1. The molecule has 0 saturated carbocycles. The van der Waals surface area contributed by atoms with E-state index in [0.717, 1.165) is 5.69 Å². The first kappa shape index (κ1) is 13.9. The molecule has 0 aromatic heterocycles. The molecule has 94 valence electrons. The smallest absolute Gasteiger partial charge is 0.241 e. The van der Waals surface area contributed by atoms with Gasteiger partial charge >= 0.3 is 0 Å². The number of anilines is 1. The van der Waals surface area contributed by atoms with Crippen molar-refractivity contribution >= 4 is 23.4 Å². The van der Waals surface area contributed by atoms with Crippen LogP contribution in [0.15, 0.2) is 29.2 Å². The molecule has 0 aliphatic carbocycles. The number of carbonyl (C=O) groups excluding carboxylic acids is 1. The molecule has 1 rings (SSSR count). The van der Waals surface area contributed by atoms with E-state index < -0.39 is 0 Å². The first-order valence-electron chi connectivity index (χ1n) is 5.68. The highest BCUT2D eigenvalue weighted by atomic mass is 32.2. The number of nitrogens with one attached hydrogen (secondary N) is 1. The molecule has 0 fully saturated rings. The quantitative estimate of drug-likeness (QED) is 0.818. The topological polar surface area (TPSA) is 32.3 Å². The monoisotopic (exact) mass is 252 g/mol. The highest BCUT2D eigenvalue weighted by Gasteiger charge is 2.10. The molecule has 0 saturated heterocycles. The molecule has 1 aromatic rings. The van der Waals surface area contributed by atoms with Crippen LogP contribution >= 0.6 is 11.8 Å². The zero-order valence-corrected chi connectivity index (χ0v) is 11.7. The number of amides is 1. The van der Waals surface area contributed by atoms with Gasteiger partial charge in [-0.15, -0.1) is 11.8 Å². The van der Waals surface area contributed by atoms with Crippen molar-refractivity contribution in [2.45, 2.75) is 24.8 Å². The summed E-state index contributed by atoms with van der Waals surface area (Å²) in [4.78, 5) is 14.7. The van der Waals surface area contributed by atoms with Gasteiger partial charge in [-0.05, 0) is 38.3 Å². The molecule has 4 heteroatoms. The highest BCUT2D eigenvalue weighted by Crippen LogP contribution is 2.18. The third-order valence-corrected chi connectivity index (χ3v) is 3.41. The zero-order chi connectivity index (χ0) is 12.8. The minimum atomic E-state index is 0.106. The Kier molecular flexibility index (Phi) is 5.35. The molecule has 0 unspecified atom stereocenters. The van der Waals surface area contributed by atoms with Gasteiger partial charge in [0.1, 0.15) is 0 Å². The van der Waals surface area contributed by atoms with Crippen LogP contribution in [-0.2, 0) is 4.79 Å². The summed E-state index contributed by atoms with van der Waals surface area (Å²) in [6.07, 6.45) is 2.04. The van der Waals surface area contributed by atoms with E-state index in [1.165, 1.54) is 4.90 Å². The van der Waals surface area contributed by atoms with Gasteiger partial charge in [0, 0.05) is 23.7 Å². The van der Waals surface area contributed by atoms with Gasteiger partial charge in [-0.2, -0.15) is 0 Å². The van der Waals surface area contributed by atoms with Gasteiger partial charge in [0.05, 0.1) is 6.54 Å². The van der Waals surface area contributed by atoms with E-state index >= 15 is 0 Å². The lowest BCUT2D eigenvalue weighted by Gasteiger charge is -2.21. The van der Waals surface area contributed by atoms with Crippen molar-refractivity contribution in [1.82, 2.24) is 4.90 Å². The van der Waals surface area contributed by atoms with Crippen LogP contribution in [0.5, 0.6) is 0 Å². The fourth-order valence-electron chi connectivity index (χ4n) is 1.32. The normalized spacial score (nSPS) is 10.4. The van der Waals surface area contributed by atoms with Gasteiger partial charge in [-0.25, -0.2) is 0 Å². The number of nitrogens with zero attached hydrogens (tertiary/aromatic N) is 1. The lowest BCUT2D eigenvalue weighted by atomic mass is 10.3. The molecule has 0 bridgehead atoms. The Morgan fingerprint density at radius 2 is 2.18 bits per heavy atom. The Balaban J connectivity index is 2.52. The maximum Gasteiger partial charge on any atom is 0.241 e. The Morgan fingerprint density at radius 1 is 1.47 bits per heavy atom. The summed E-state index contributed by atoms with van der Waals surface area (Å²) in [5.74, 6) is 0.106. The Morgan fingerprint density at radius 3 is 2.76 bits per heavy atom. The van der Waals surface area contributed by atoms with Crippen molar-refractivity contribution < 1.29 is 4.79 Å². The molecule has 0 atom stereocenters. The molecule has 3 nitrogen and oxygen atoms in total. The molecular formula is C13H20N2OS. The average Bonchev–Trinajstić information content (AvgIpc) is 2.35. The van der Waals surface area contributed by atoms with Crippen molar-refractivity contribution in [3.63, 3.8) is 0 Å². The van der Waals surface area contributed by atoms with Crippen LogP contribution in [0.25, 0.3) is 0 Å². The largest absolute Gasteiger partial charge is 0.376 e. The van der Waals surface area contributed by atoms with Crippen molar-refractivity contribution in [2.24, 2.45) is 0 Å². The molecule has 0 spiro atoms. The van der Waals surface area contributed by atoms with E-state index in [4.69, 9.17) is 0 Å². The number of hydrogen-bond acceptors (Lipinski definition) is 3. The molecule has 17 heavy (non-hydrogen) atoms. The van der Waals surface area contributed by atoms with E-state index in [9.17, 15) is 4.79 Å². The fraction of sp³-hybridized carbons (Fsp3) is 0.462. The van der Waals surface area contributed by atoms with Gasteiger partial charge in [-0.1, -0.05) is 6.07 Å². The van der Waals surface area contributed by atoms with Crippen molar-refractivity contribution in [2.75, 3.05) is 25.2 Å². The van der Waals surface area contributed by atoms with Crippen LogP contribution in [-0.4, -0.2) is 36.7 Å². The minimum Gasteiger partial charge on any atom is -0.376 e. The zero-order valence-electron chi connectivity index (χ0n) is 10.9. The second-order valence-corrected chi connectivity index (χ2v) is 5.06. The standard InChI is InChI=1S/C13H20N2OS/c1-10(2)15(3)13(16)9-14-11-6-5-7-12(8-11)17-4/h5-8,10,14H,9H2,1-4H3. The maximum atomic E-state index is 11.8. The Hall–Kier alpha value is -1.16. The predicted molar refractivity (Wildman–Crippen MR) is 74.6 cm³/mol. The van der Waals surface area contributed by atoms with Crippen LogP contribution in [0.2, 0.25) is 0 Å². The molecule has 0 radical (unpaired) electrons. The number of likely N-dealkylation sites (N-methyl/N-ethyl adjacent to an activating group) is 1. The van der Waals surface area contributed by atoms with Crippen LogP contribution < -0.4 is 5.32 Å². The number of rotatable bonds is 5. The first-order chi connectivity index (χ1) is 8.04. The SMILES string of the molecule is CSc1cccc(NCC(=O)N(C)C(C)C)c1. The number of thioether (sulfide) groups is 1. The molecule has 1 N–H and O–H groups in total. The van der Waals surface area contributed by atoms with Crippen LogP contribution in [0, 0.1) is 0 Å². The molecule has 0 heterocycles. The second kappa shape index (κ2) is 6.55. The van der Waals surface area contributed by atoms with E-state index in [0.29, 0.717) is 6.54 Å². The van der Waals surface area contributed by atoms with Crippen LogP contribution in [0.1, 0.15) is 13.8 Å². The number of benzene rings is 1. The van der Waals surface area contributed by atoms with Gasteiger partial charge in [0.15, 0.2) is 0 Å². The first-order valence-corrected chi connectivity index (χ1v) is 6.90. The lowest BCUT2D eigenvalue weighted by molar-refractivity contribution is -0.129. The lowest BCUT2D eigenvalue weighted by Crippen LogP contribution is -2.37. The van der Waals surface area contributed by atoms with E-state index in [-0.39, 0.29) is 11.9 Å². The summed E-state index contributed by atoms with van der Waals surface area (Å²) in [7, 11) is 1.83. The van der Waals surface area contributed by atoms with Crippen molar-refractivity contribution in [3.8, 4) is 0 Å². The third kappa shape index (κ3) is 4.30. The summed E-state index contributed by atoms with van der Waals surface area (Å²) in [5.41, 5.74) is 0.988. The number of carbonyl (C=O) groups is 1. The second-order valence-electron chi connectivity index (χ2n) is 4.18. The summed E-state index contributed by atoms with van der Waals surface area (Å²) in [6.45, 7) is 4.35. The molecular weight excluding hydrogens is 232 g/mol. The third-order valence-electron chi connectivity index (χ3n) is 2.68. The maximum absolute atomic E-state index is 11.8. The Labute approximate surface area is 108 Å². The van der Waals surface area contributed by atoms with Crippen LogP contribution in [0.4, 0.5) is 5.69 Å². The fourth-order valence-corrected chi connectivity index (χ4v) is 1.78. The van der Waals surface area contributed by atoms with Crippen molar-refractivity contribution in [1.29, 1.82) is 0 Å². The summed E-state index contributed by atoms with van der Waals surface area (Å²) in [6, 6.07) is 8.31. The molecule has 1 aromatic carbocycles. The minimum absolute atomic E-state index is 0.106. The molecule has 0 aliphatic rings. The van der Waals surface area contributed by atoms with Crippen molar-refractivity contribution in [3.05, 3.63) is 24.3 Å². The van der Waals surface area contributed by atoms with Gasteiger partial charge < -0.3 is 10.2 Å². The van der Waals surface area contributed by atoms with Gasteiger partial charge in [-0.3, -0.25) is 4.79 Å². The van der Waals surface area contributed by atoms with E-state index in [1.54, 1.807) is 16.7 Å². The molecule has 0 aliphatic heterocycles. The Bertz CT molecular complexity index is 379. The molecule has 1 amide bonds. The summed E-state index contributed by atoms with van der Waals surface area (Å²) in [5, 5.41) is 3.15. The highest BCUT2D eigenvalue weighted by molar-refractivity contribution is 7.98. The van der Waals surface area contributed by atoms with Gasteiger partial charge in [0.25, 0.3) is 0 Å². The van der Waals surface area contributed by atoms with E-state index in [1.807, 2.05) is 45.4 Å². The summed E-state index contributed by atoms with van der Waals surface area (Å²) < 4.78 is 0. The summed E-state index contributed by atoms with van der Waals surface area (Å²) >= 11 is 1.69.